The number of rotatable bonds is 6. The predicted octanol–water partition coefficient (Wildman–Crippen LogP) is 1.54. The summed E-state index contributed by atoms with van der Waals surface area (Å²) in [5.74, 6) is 1.21. The lowest BCUT2D eigenvalue weighted by Gasteiger charge is -2.19. The minimum Gasteiger partial charge on any atom is -0.423 e. The SMILES string of the molecule is CCOCc1nnc(CCNC(C)(C)C)o1. The van der Waals surface area contributed by atoms with Crippen LogP contribution in [0.4, 0.5) is 0 Å². The lowest BCUT2D eigenvalue weighted by Crippen LogP contribution is -2.37. The lowest BCUT2D eigenvalue weighted by molar-refractivity contribution is 0.113. The molecule has 0 bridgehead atoms. The summed E-state index contributed by atoms with van der Waals surface area (Å²) in [5, 5.41) is 11.2. The van der Waals surface area contributed by atoms with Gasteiger partial charge in [0.1, 0.15) is 6.61 Å². The van der Waals surface area contributed by atoms with Crippen LogP contribution in [0.15, 0.2) is 4.42 Å². The monoisotopic (exact) mass is 227 g/mol. The Morgan fingerprint density at radius 2 is 1.94 bits per heavy atom. The van der Waals surface area contributed by atoms with Crippen LogP contribution in [-0.2, 0) is 17.8 Å². The molecule has 92 valence electrons. The first-order valence-corrected chi connectivity index (χ1v) is 5.65. The summed E-state index contributed by atoms with van der Waals surface area (Å²) < 4.78 is 10.6. The Morgan fingerprint density at radius 1 is 1.25 bits per heavy atom. The van der Waals surface area contributed by atoms with Crippen molar-refractivity contribution in [3.05, 3.63) is 11.8 Å². The summed E-state index contributed by atoms with van der Waals surface area (Å²) in [7, 11) is 0. The van der Waals surface area contributed by atoms with E-state index in [9.17, 15) is 0 Å². The summed E-state index contributed by atoms with van der Waals surface area (Å²) in [5.41, 5.74) is 0.119. The van der Waals surface area contributed by atoms with E-state index >= 15 is 0 Å². The van der Waals surface area contributed by atoms with Gasteiger partial charge in [0.2, 0.25) is 11.8 Å². The van der Waals surface area contributed by atoms with E-state index in [1.807, 2.05) is 6.92 Å². The fourth-order valence-electron chi connectivity index (χ4n) is 1.18. The fourth-order valence-corrected chi connectivity index (χ4v) is 1.18. The number of hydrogen-bond acceptors (Lipinski definition) is 5. The summed E-state index contributed by atoms with van der Waals surface area (Å²) >= 11 is 0. The molecule has 0 atom stereocenters. The average Bonchev–Trinajstić information content (AvgIpc) is 2.61. The van der Waals surface area contributed by atoms with Crippen molar-refractivity contribution in [2.45, 2.75) is 46.3 Å². The largest absolute Gasteiger partial charge is 0.423 e. The standard InChI is InChI=1S/C11H21N3O2/c1-5-15-8-10-14-13-9(16-10)6-7-12-11(2,3)4/h12H,5-8H2,1-4H3. The predicted molar refractivity (Wildman–Crippen MR) is 61.1 cm³/mol. The van der Waals surface area contributed by atoms with E-state index in [0.717, 1.165) is 13.0 Å². The number of ether oxygens (including phenoxy) is 1. The van der Waals surface area contributed by atoms with Gasteiger partial charge < -0.3 is 14.5 Å². The molecule has 0 amide bonds. The Hall–Kier alpha value is -0.940. The molecule has 1 N–H and O–H groups in total. The molecule has 0 aliphatic carbocycles. The fraction of sp³-hybridized carbons (Fsp3) is 0.818. The molecule has 1 rings (SSSR count). The Bertz CT molecular complexity index is 304. The number of nitrogens with zero attached hydrogens (tertiary/aromatic N) is 2. The molecule has 0 aliphatic rings. The van der Waals surface area contributed by atoms with E-state index in [1.54, 1.807) is 0 Å². The minimum atomic E-state index is 0.119. The molecule has 1 heterocycles. The van der Waals surface area contributed by atoms with Crippen LogP contribution in [0.25, 0.3) is 0 Å². The highest BCUT2D eigenvalue weighted by Crippen LogP contribution is 2.03. The van der Waals surface area contributed by atoms with E-state index in [1.165, 1.54) is 0 Å². The number of nitrogens with one attached hydrogen (secondary N) is 1. The maximum atomic E-state index is 5.41. The first-order valence-electron chi connectivity index (χ1n) is 5.65. The smallest absolute Gasteiger partial charge is 0.242 e. The average molecular weight is 227 g/mol. The van der Waals surface area contributed by atoms with Gasteiger partial charge in [-0.25, -0.2) is 0 Å². The molecule has 16 heavy (non-hydrogen) atoms. The molecule has 0 unspecified atom stereocenters. The van der Waals surface area contributed by atoms with Crippen LogP contribution in [0.1, 0.15) is 39.5 Å². The Morgan fingerprint density at radius 3 is 2.56 bits per heavy atom. The van der Waals surface area contributed by atoms with Crippen molar-refractivity contribution in [2.75, 3.05) is 13.2 Å². The Kier molecular flexibility index (Phi) is 4.89. The summed E-state index contributed by atoms with van der Waals surface area (Å²) in [6.07, 6.45) is 0.746. The van der Waals surface area contributed by atoms with Gasteiger partial charge in [0.15, 0.2) is 0 Å². The highest BCUT2D eigenvalue weighted by Gasteiger charge is 2.10. The summed E-state index contributed by atoms with van der Waals surface area (Å²) in [6.45, 7) is 10.2. The third-order valence-corrected chi connectivity index (χ3v) is 1.93. The highest BCUT2D eigenvalue weighted by molar-refractivity contribution is 4.82. The molecule has 0 fully saturated rings. The van der Waals surface area contributed by atoms with Crippen LogP contribution in [0, 0.1) is 0 Å². The van der Waals surface area contributed by atoms with E-state index in [2.05, 4.69) is 36.3 Å². The summed E-state index contributed by atoms with van der Waals surface area (Å²) in [6, 6.07) is 0. The second-order valence-electron chi connectivity index (χ2n) is 4.65. The van der Waals surface area contributed by atoms with E-state index in [-0.39, 0.29) is 5.54 Å². The van der Waals surface area contributed by atoms with Gasteiger partial charge in [0, 0.05) is 25.1 Å². The zero-order valence-corrected chi connectivity index (χ0v) is 10.5. The van der Waals surface area contributed by atoms with E-state index < -0.39 is 0 Å². The molecule has 5 heteroatoms. The first kappa shape index (κ1) is 13.1. The normalized spacial score (nSPS) is 12.0. The van der Waals surface area contributed by atoms with Crippen LogP contribution < -0.4 is 5.32 Å². The van der Waals surface area contributed by atoms with E-state index in [0.29, 0.717) is 25.0 Å². The summed E-state index contributed by atoms with van der Waals surface area (Å²) in [4.78, 5) is 0. The van der Waals surface area contributed by atoms with Crippen molar-refractivity contribution in [1.82, 2.24) is 15.5 Å². The lowest BCUT2D eigenvalue weighted by atomic mass is 10.1. The van der Waals surface area contributed by atoms with Crippen LogP contribution >= 0.6 is 0 Å². The quantitative estimate of drug-likeness (QED) is 0.798. The van der Waals surface area contributed by atoms with Crippen LogP contribution in [0.2, 0.25) is 0 Å². The van der Waals surface area contributed by atoms with Crippen molar-refractivity contribution in [2.24, 2.45) is 0 Å². The molecule has 0 saturated carbocycles. The molecule has 0 spiro atoms. The van der Waals surface area contributed by atoms with Gasteiger partial charge in [-0.05, 0) is 27.7 Å². The maximum absolute atomic E-state index is 5.41. The maximum Gasteiger partial charge on any atom is 0.242 e. The van der Waals surface area contributed by atoms with Gasteiger partial charge in [-0.3, -0.25) is 0 Å². The molecule has 1 aromatic heterocycles. The molecule has 0 aliphatic heterocycles. The van der Waals surface area contributed by atoms with Crippen molar-refractivity contribution in [1.29, 1.82) is 0 Å². The number of hydrogen-bond donors (Lipinski definition) is 1. The molecule has 0 aromatic carbocycles. The second-order valence-corrected chi connectivity index (χ2v) is 4.65. The van der Waals surface area contributed by atoms with Crippen molar-refractivity contribution < 1.29 is 9.15 Å². The minimum absolute atomic E-state index is 0.119. The van der Waals surface area contributed by atoms with Crippen molar-refractivity contribution >= 4 is 0 Å². The van der Waals surface area contributed by atoms with Crippen LogP contribution in [0.5, 0.6) is 0 Å². The van der Waals surface area contributed by atoms with Crippen LogP contribution in [0.3, 0.4) is 0 Å². The van der Waals surface area contributed by atoms with Gasteiger partial charge >= 0.3 is 0 Å². The van der Waals surface area contributed by atoms with Gasteiger partial charge in [0.05, 0.1) is 0 Å². The van der Waals surface area contributed by atoms with Gasteiger partial charge in [-0.15, -0.1) is 10.2 Å². The highest BCUT2D eigenvalue weighted by atomic mass is 16.5. The molecule has 5 nitrogen and oxygen atoms in total. The topological polar surface area (TPSA) is 60.2 Å². The molecule has 0 saturated heterocycles. The number of aromatic nitrogens is 2. The Labute approximate surface area is 96.6 Å². The third kappa shape index (κ3) is 5.23. The third-order valence-electron chi connectivity index (χ3n) is 1.93. The molecular formula is C11H21N3O2. The Balaban J connectivity index is 2.29. The molecule has 1 aromatic rings. The van der Waals surface area contributed by atoms with Gasteiger partial charge in [-0.2, -0.15) is 0 Å². The van der Waals surface area contributed by atoms with Crippen LogP contribution in [-0.4, -0.2) is 28.9 Å². The van der Waals surface area contributed by atoms with Crippen molar-refractivity contribution in [3.8, 4) is 0 Å². The second kappa shape index (κ2) is 5.96. The molecule has 0 radical (unpaired) electrons. The zero-order chi connectivity index (χ0) is 12.0. The zero-order valence-electron chi connectivity index (χ0n) is 10.5. The first-order chi connectivity index (χ1) is 7.51. The van der Waals surface area contributed by atoms with Crippen molar-refractivity contribution in [3.63, 3.8) is 0 Å². The van der Waals surface area contributed by atoms with E-state index in [4.69, 9.17) is 9.15 Å². The van der Waals surface area contributed by atoms with Gasteiger partial charge in [-0.1, -0.05) is 0 Å². The van der Waals surface area contributed by atoms with Gasteiger partial charge in [0.25, 0.3) is 0 Å². The molecular weight excluding hydrogens is 206 g/mol.